The molecule has 0 fully saturated rings. The van der Waals surface area contributed by atoms with Crippen LogP contribution in [0.3, 0.4) is 0 Å². The molecule has 0 radical (unpaired) electrons. The summed E-state index contributed by atoms with van der Waals surface area (Å²) in [6.45, 7) is 5.66. The molecule has 0 aromatic carbocycles. The Balaban J connectivity index is 2.63. The van der Waals surface area contributed by atoms with Gasteiger partial charge in [-0.15, -0.1) is 0 Å². The quantitative estimate of drug-likeness (QED) is 0.712. The molecule has 2 aromatic rings. The molecule has 0 saturated carbocycles. The van der Waals surface area contributed by atoms with Gasteiger partial charge in [0.05, 0.1) is 0 Å². The molecule has 0 amide bonds. The van der Waals surface area contributed by atoms with Crippen molar-refractivity contribution < 1.29 is 9.53 Å². The van der Waals surface area contributed by atoms with Crippen LogP contribution in [0.5, 0.6) is 0 Å². The van der Waals surface area contributed by atoms with Gasteiger partial charge in [-0.3, -0.25) is 0 Å². The summed E-state index contributed by atoms with van der Waals surface area (Å²) in [5.74, 6) is 0. The van der Waals surface area contributed by atoms with Crippen molar-refractivity contribution in [3.63, 3.8) is 0 Å². The van der Waals surface area contributed by atoms with E-state index in [1.54, 1.807) is 17.0 Å². The number of hydrogen-bond acceptors (Lipinski definition) is 3. The third-order valence-electron chi connectivity index (χ3n) is 2.95. The topological polar surface area (TPSA) is 44.1 Å². The van der Waals surface area contributed by atoms with Gasteiger partial charge < -0.3 is 0 Å². The molecule has 2 aromatic heterocycles. The van der Waals surface area contributed by atoms with E-state index in [0.717, 1.165) is 14.6 Å². The van der Waals surface area contributed by atoms with E-state index in [0.29, 0.717) is 0 Å². The summed E-state index contributed by atoms with van der Waals surface area (Å²) >= 11 is -2.44. The van der Waals surface area contributed by atoms with E-state index in [2.05, 4.69) is 25.9 Å². The predicted molar refractivity (Wildman–Crippen MR) is 84.3 cm³/mol. The average molecular weight is 381 g/mol. The number of pyridine rings is 1. The van der Waals surface area contributed by atoms with Crippen molar-refractivity contribution in [2.24, 2.45) is 0 Å². The first-order valence-electron chi connectivity index (χ1n) is 6.79. The molecule has 2 rings (SSSR count). The average Bonchev–Trinajstić information content (AvgIpc) is 2.65. The molecule has 0 unspecified atom stereocenters. The minimum atomic E-state index is -2.44. The molecule has 5 heteroatoms. The van der Waals surface area contributed by atoms with Crippen molar-refractivity contribution >= 4 is 39.1 Å². The third-order valence-corrected chi connectivity index (χ3v) is 8.38. The Morgan fingerprint density at radius 1 is 1.30 bits per heavy atom. The van der Waals surface area contributed by atoms with Gasteiger partial charge in [0, 0.05) is 0 Å². The SMILES string of the molecule is CC(C)(C)OC(=O)n1[c]([Sn]([CH3])([CH3])[CH3])cc2cnccc21. The van der Waals surface area contributed by atoms with Crippen molar-refractivity contribution in [2.75, 3.05) is 0 Å². The Kier molecular flexibility index (Phi) is 3.88. The minimum absolute atomic E-state index is 0.291. The van der Waals surface area contributed by atoms with Crippen LogP contribution in [0.25, 0.3) is 10.9 Å². The van der Waals surface area contributed by atoms with Gasteiger partial charge in [-0.1, -0.05) is 0 Å². The molecule has 108 valence electrons. The molecule has 0 N–H and O–H groups in total. The summed E-state index contributed by atoms with van der Waals surface area (Å²) in [5, 5.41) is 1.000. The Labute approximate surface area is 124 Å². The molecule has 0 bridgehead atoms. The molecule has 0 aliphatic carbocycles. The number of ether oxygens (including phenoxy) is 1. The number of carbonyl (C=O) groups is 1. The van der Waals surface area contributed by atoms with Crippen LogP contribution >= 0.6 is 0 Å². The van der Waals surface area contributed by atoms with Gasteiger partial charge in [0.25, 0.3) is 0 Å². The summed E-state index contributed by atoms with van der Waals surface area (Å²) in [7, 11) is 0. The second kappa shape index (κ2) is 5.06. The number of rotatable bonds is 1. The van der Waals surface area contributed by atoms with E-state index in [1.165, 1.54) is 0 Å². The van der Waals surface area contributed by atoms with E-state index < -0.39 is 24.0 Å². The first kappa shape index (κ1) is 15.3. The normalized spacial score (nSPS) is 12.7. The summed E-state index contributed by atoms with van der Waals surface area (Å²) < 4.78 is 8.45. The van der Waals surface area contributed by atoms with Crippen LogP contribution in [0.4, 0.5) is 4.79 Å². The zero-order valence-corrected chi connectivity index (χ0v) is 15.9. The summed E-state index contributed by atoms with van der Waals surface area (Å²) in [5.41, 5.74) is 0.390. The van der Waals surface area contributed by atoms with Gasteiger partial charge in [0.1, 0.15) is 0 Å². The van der Waals surface area contributed by atoms with Crippen LogP contribution in [0.1, 0.15) is 20.8 Å². The zero-order valence-electron chi connectivity index (χ0n) is 13.0. The van der Waals surface area contributed by atoms with Gasteiger partial charge in [0.15, 0.2) is 0 Å². The van der Waals surface area contributed by atoms with Gasteiger partial charge in [-0.05, 0) is 0 Å². The number of nitrogens with zero attached hydrogens (tertiary/aromatic N) is 2. The molecule has 4 nitrogen and oxygen atoms in total. The first-order valence-corrected chi connectivity index (χ1v) is 16.8. The Morgan fingerprint density at radius 3 is 2.50 bits per heavy atom. The molecule has 20 heavy (non-hydrogen) atoms. The standard InChI is InChI=1S/C12H13N2O2.3CH3.Sn/c1-12(2,3)16-11(15)14-7-5-9-8-13-6-4-10(9)14;;;;/h4-6,8H,1-3H3;3*1H3;. The van der Waals surface area contributed by atoms with Crippen molar-refractivity contribution in [2.45, 2.75) is 41.2 Å². The van der Waals surface area contributed by atoms with Gasteiger partial charge >= 0.3 is 124 Å². The molecule has 0 spiro atoms. The summed E-state index contributed by atoms with van der Waals surface area (Å²) in [4.78, 5) is 23.6. The number of hydrogen-bond donors (Lipinski definition) is 0. The fraction of sp³-hybridized carbons (Fsp3) is 0.467. The Morgan fingerprint density at radius 2 is 1.95 bits per heavy atom. The molecule has 0 aliphatic rings. The van der Waals surface area contributed by atoms with Crippen molar-refractivity contribution in [3.8, 4) is 0 Å². The fourth-order valence-corrected chi connectivity index (χ4v) is 6.31. The van der Waals surface area contributed by atoms with Crippen LogP contribution in [0, 0.1) is 0 Å². The molecule has 2 heterocycles. The van der Waals surface area contributed by atoms with Gasteiger partial charge in [-0.2, -0.15) is 0 Å². The van der Waals surface area contributed by atoms with E-state index in [1.807, 2.05) is 26.8 Å². The Hall–Kier alpha value is -1.04. The van der Waals surface area contributed by atoms with Crippen LogP contribution in [0.15, 0.2) is 24.5 Å². The fourth-order valence-electron chi connectivity index (χ4n) is 2.11. The molecular weight excluding hydrogens is 359 g/mol. The number of fused-ring (bicyclic) bond motifs is 1. The van der Waals surface area contributed by atoms with Crippen LogP contribution in [-0.4, -0.2) is 39.6 Å². The Bertz CT molecular complexity index is 648. The van der Waals surface area contributed by atoms with E-state index in [-0.39, 0.29) is 6.09 Å². The zero-order chi connectivity index (χ0) is 15.1. The second-order valence-electron chi connectivity index (χ2n) is 7.03. The number of aromatic nitrogens is 2. The maximum absolute atomic E-state index is 12.6. The van der Waals surface area contributed by atoms with Crippen molar-refractivity contribution in [1.82, 2.24) is 9.55 Å². The molecule has 0 saturated heterocycles. The maximum atomic E-state index is 12.6. The molecule has 0 atom stereocenters. The summed E-state index contributed by atoms with van der Waals surface area (Å²) in [6.07, 6.45) is 3.22. The van der Waals surface area contributed by atoms with Crippen LogP contribution in [-0.2, 0) is 4.74 Å². The van der Waals surface area contributed by atoms with Gasteiger partial charge in [-0.25, -0.2) is 0 Å². The van der Waals surface area contributed by atoms with Crippen LogP contribution in [0.2, 0.25) is 14.8 Å². The number of carbonyl (C=O) groups excluding carboxylic acids is 1. The predicted octanol–water partition coefficient (Wildman–Crippen LogP) is 3.36. The van der Waals surface area contributed by atoms with E-state index in [4.69, 9.17) is 4.74 Å². The third kappa shape index (κ3) is 3.16. The molecular formula is C15H22N2O2Sn. The molecule has 0 aliphatic heterocycles. The van der Waals surface area contributed by atoms with E-state index in [9.17, 15) is 4.79 Å². The first-order chi connectivity index (χ1) is 9.09. The monoisotopic (exact) mass is 382 g/mol. The van der Waals surface area contributed by atoms with E-state index >= 15 is 0 Å². The summed E-state index contributed by atoms with van der Waals surface area (Å²) in [6, 6.07) is 3.97. The van der Waals surface area contributed by atoms with Crippen LogP contribution < -0.4 is 3.71 Å². The van der Waals surface area contributed by atoms with Crippen molar-refractivity contribution in [3.05, 3.63) is 24.5 Å². The van der Waals surface area contributed by atoms with Crippen molar-refractivity contribution in [1.29, 1.82) is 0 Å². The van der Waals surface area contributed by atoms with Gasteiger partial charge in [0.2, 0.25) is 0 Å². The second-order valence-corrected chi connectivity index (χ2v) is 21.3.